The summed E-state index contributed by atoms with van der Waals surface area (Å²) in [4.78, 5) is 36.0. The van der Waals surface area contributed by atoms with Crippen molar-refractivity contribution in [2.24, 2.45) is 0 Å². The van der Waals surface area contributed by atoms with Gasteiger partial charge < -0.3 is 14.6 Å². The Morgan fingerprint density at radius 2 is 1.54 bits per heavy atom. The van der Waals surface area contributed by atoms with Crippen LogP contribution in [-0.2, 0) is 14.3 Å². The summed E-state index contributed by atoms with van der Waals surface area (Å²) in [6.45, 7) is 11.3. The molecular weight excluding hydrogens is 318 g/mol. The van der Waals surface area contributed by atoms with Crippen LogP contribution in [0, 0.1) is 5.41 Å². The summed E-state index contributed by atoms with van der Waals surface area (Å²) in [5.41, 5.74) is -1.70. The Balaban J connectivity index is 5.39. The molecule has 0 saturated carbocycles. The van der Waals surface area contributed by atoms with Gasteiger partial charge in [0.25, 0.3) is 0 Å². The molecule has 24 heavy (non-hydrogen) atoms. The lowest BCUT2D eigenvalue weighted by Crippen LogP contribution is -2.55. The molecule has 0 aromatic rings. The Morgan fingerprint density at radius 3 is 1.88 bits per heavy atom. The highest BCUT2D eigenvalue weighted by Crippen LogP contribution is 2.14. The fraction of sp³-hybridized carbons (Fsp3) is 0.733. The number of nitrogens with one attached hydrogen (secondary N) is 2. The maximum Gasteiger partial charge on any atom is 0.417 e. The zero-order chi connectivity index (χ0) is 19.3. The molecule has 0 rings (SSSR count). The van der Waals surface area contributed by atoms with E-state index in [-0.39, 0.29) is 6.42 Å². The molecule has 9 nitrogen and oxygen atoms in total. The number of guanidine groups is 1. The summed E-state index contributed by atoms with van der Waals surface area (Å²) >= 11 is 0. The zero-order valence-corrected chi connectivity index (χ0v) is 15.2. The Kier molecular flexibility index (Phi) is 7.21. The van der Waals surface area contributed by atoms with Gasteiger partial charge in [0.2, 0.25) is 5.96 Å². The average molecular weight is 345 g/mol. The Morgan fingerprint density at radius 1 is 1.08 bits per heavy atom. The first-order valence-corrected chi connectivity index (χ1v) is 7.51. The Hall–Kier alpha value is -2.32. The van der Waals surface area contributed by atoms with E-state index in [0.717, 1.165) is 0 Å². The van der Waals surface area contributed by atoms with Crippen LogP contribution < -0.4 is 5.32 Å². The van der Waals surface area contributed by atoms with E-state index >= 15 is 0 Å². The number of ether oxygens (including phenoxy) is 2. The summed E-state index contributed by atoms with van der Waals surface area (Å²) in [5.74, 6) is -2.05. The third-order valence-corrected chi connectivity index (χ3v) is 2.43. The van der Waals surface area contributed by atoms with Crippen molar-refractivity contribution in [3.05, 3.63) is 0 Å². The number of aliphatic carboxylic acids is 1. The van der Waals surface area contributed by atoms with E-state index in [2.05, 4.69) is 5.32 Å². The normalized spacial score (nSPS) is 12.8. The number of hydrogen-bond acceptors (Lipinski definition) is 6. The second kappa shape index (κ2) is 7.98. The van der Waals surface area contributed by atoms with Crippen LogP contribution in [0.15, 0.2) is 0 Å². The van der Waals surface area contributed by atoms with Gasteiger partial charge in [0.05, 0.1) is 0 Å². The van der Waals surface area contributed by atoms with Crippen LogP contribution in [0.3, 0.4) is 0 Å². The number of carbonyl (C=O) groups is 3. The van der Waals surface area contributed by atoms with Gasteiger partial charge in [-0.2, -0.15) is 0 Å². The van der Waals surface area contributed by atoms with E-state index in [1.807, 2.05) is 0 Å². The Bertz CT molecular complexity index is 504. The maximum atomic E-state index is 12.3. The van der Waals surface area contributed by atoms with Gasteiger partial charge in [0, 0.05) is 0 Å². The first kappa shape index (κ1) is 21.7. The molecule has 1 unspecified atom stereocenters. The molecule has 0 saturated heterocycles. The molecule has 0 aliphatic heterocycles. The highest BCUT2D eigenvalue weighted by molar-refractivity contribution is 6.02. The number of carboxylic acids is 1. The molecule has 0 aromatic carbocycles. The van der Waals surface area contributed by atoms with Crippen molar-refractivity contribution in [1.82, 2.24) is 10.2 Å². The van der Waals surface area contributed by atoms with E-state index in [0.29, 0.717) is 4.90 Å². The minimum atomic E-state index is -1.36. The van der Waals surface area contributed by atoms with Crippen LogP contribution in [0.2, 0.25) is 0 Å². The van der Waals surface area contributed by atoms with Gasteiger partial charge in [0.1, 0.15) is 17.2 Å². The van der Waals surface area contributed by atoms with Gasteiger partial charge in [0.15, 0.2) is 0 Å². The molecule has 0 bridgehead atoms. The predicted octanol–water partition coefficient (Wildman–Crippen LogP) is 2.55. The highest BCUT2D eigenvalue weighted by Gasteiger charge is 2.36. The molecule has 138 valence electrons. The smallest absolute Gasteiger partial charge is 0.417 e. The van der Waals surface area contributed by atoms with Crippen LogP contribution in [-0.4, -0.2) is 51.4 Å². The molecule has 0 heterocycles. The summed E-state index contributed by atoms with van der Waals surface area (Å²) in [6, 6.07) is -1.36. The second-order valence-corrected chi connectivity index (χ2v) is 7.09. The lowest BCUT2D eigenvalue weighted by molar-refractivity contribution is -0.141. The molecule has 0 spiro atoms. The number of rotatable bonds is 3. The van der Waals surface area contributed by atoms with Gasteiger partial charge in [-0.25, -0.2) is 19.3 Å². The minimum Gasteiger partial charge on any atom is -0.480 e. The minimum absolute atomic E-state index is 0.0208. The first-order chi connectivity index (χ1) is 10.7. The van der Waals surface area contributed by atoms with Crippen LogP contribution in [0.4, 0.5) is 9.59 Å². The van der Waals surface area contributed by atoms with Gasteiger partial charge in [-0.1, -0.05) is 6.92 Å². The molecule has 2 amide bonds. The van der Waals surface area contributed by atoms with Gasteiger partial charge in [-0.15, -0.1) is 0 Å². The van der Waals surface area contributed by atoms with Crippen molar-refractivity contribution in [3.63, 3.8) is 0 Å². The molecule has 3 N–H and O–H groups in total. The van der Waals surface area contributed by atoms with E-state index < -0.39 is 41.4 Å². The van der Waals surface area contributed by atoms with Crippen molar-refractivity contribution in [3.8, 4) is 0 Å². The zero-order valence-electron chi connectivity index (χ0n) is 15.2. The van der Waals surface area contributed by atoms with Crippen molar-refractivity contribution >= 4 is 24.1 Å². The predicted molar refractivity (Wildman–Crippen MR) is 86.9 cm³/mol. The lowest BCUT2D eigenvalue weighted by atomic mass is 10.2. The fourth-order valence-corrected chi connectivity index (χ4v) is 1.61. The third-order valence-electron chi connectivity index (χ3n) is 2.43. The third kappa shape index (κ3) is 7.80. The monoisotopic (exact) mass is 345 g/mol. The van der Waals surface area contributed by atoms with E-state index in [4.69, 9.17) is 14.9 Å². The molecule has 0 aromatic heterocycles. The number of carboxylic acid groups (broad SMARTS) is 1. The molecular formula is C15H27N3O6. The van der Waals surface area contributed by atoms with Crippen LogP contribution in [0.5, 0.6) is 0 Å². The van der Waals surface area contributed by atoms with Crippen molar-refractivity contribution in [2.45, 2.75) is 72.1 Å². The maximum absolute atomic E-state index is 12.3. The number of hydrogen-bond donors (Lipinski definition) is 3. The number of carbonyl (C=O) groups excluding carboxylic acids is 2. The van der Waals surface area contributed by atoms with Gasteiger partial charge in [-0.3, -0.25) is 10.7 Å². The molecule has 0 aliphatic carbocycles. The largest absolute Gasteiger partial charge is 0.480 e. The summed E-state index contributed by atoms with van der Waals surface area (Å²) < 4.78 is 10.1. The van der Waals surface area contributed by atoms with Crippen molar-refractivity contribution in [2.75, 3.05) is 0 Å². The molecule has 0 radical (unpaired) electrons. The topological polar surface area (TPSA) is 129 Å². The molecule has 1 atom stereocenters. The summed E-state index contributed by atoms with van der Waals surface area (Å²) in [7, 11) is 0. The van der Waals surface area contributed by atoms with Crippen LogP contribution in [0.1, 0.15) is 54.9 Å². The lowest BCUT2D eigenvalue weighted by Gasteiger charge is -2.31. The molecule has 0 aliphatic rings. The molecule has 9 heteroatoms. The summed E-state index contributed by atoms with van der Waals surface area (Å²) in [5, 5.41) is 19.2. The van der Waals surface area contributed by atoms with E-state index in [1.165, 1.54) is 6.92 Å². The van der Waals surface area contributed by atoms with Crippen molar-refractivity contribution in [1.29, 1.82) is 5.41 Å². The number of nitrogens with zero attached hydrogens (tertiary/aromatic N) is 1. The first-order valence-electron chi connectivity index (χ1n) is 7.51. The molecule has 0 fully saturated rings. The Labute approximate surface area is 141 Å². The van der Waals surface area contributed by atoms with E-state index in [1.54, 1.807) is 41.5 Å². The SMILES string of the molecule is CCC(C(=O)O)N(C(=N)NC(=O)OC(C)(C)C)C(=O)OC(C)(C)C. The van der Waals surface area contributed by atoms with E-state index in [9.17, 15) is 19.5 Å². The number of alkyl carbamates (subject to hydrolysis) is 1. The standard InChI is InChI=1S/C15H27N3O6/c1-8-9(10(19)20)18(13(22)24-15(5,6)7)11(16)17-12(21)23-14(2,3)4/h9H,8H2,1-7H3,(H,19,20)(H2,16,17,21). The second-order valence-electron chi connectivity index (χ2n) is 7.09. The summed E-state index contributed by atoms with van der Waals surface area (Å²) in [6.07, 6.45) is -1.99. The number of amides is 2. The fourth-order valence-electron chi connectivity index (χ4n) is 1.61. The quantitative estimate of drug-likeness (QED) is 0.532. The van der Waals surface area contributed by atoms with Crippen LogP contribution in [0.25, 0.3) is 0 Å². The highest BCUT2D eigenvalue weighted by atomic mass is 16.6. The van der Waals surface area contributed by atoms with Gasteiger partial charge >= 0.3 is 18.2 Å². The van der Waals surface area contributed by atoms with Crippen molar-refractivity contribution < 1.29 is 29.0 Å². The van der Waals surface area contributed by atoms with Crippen LogP contribution >= 0.6 is 0 Å². The van der Waals surface area contributed by atoms with Gasteiger partial charge in [-0.05, 0) is 48.0 Å². The average Bonchev–Trinajstić information content (AvgIpc) is 2.29.